The number of anilines is 2. The van der Waals surface area contributed by atoms with Gasteiger partial charge in [-0.05, 0) is 51.1 Å². The molecule has 0 aromatic heterocycles. The van der Waals surface area contributed by atoms with Crippen LogP contribution in [0.1, 0.15) is 41.5 Å². The Kier molecular flexibility index (Phi) is 5.21. The van der Waals surface area contributed by atoms with Crippen LogP contribution >= 0.6 is 0 Å². The van der Waals surface area contributed by atoms with Gasteiger partial charge in [0, 0.05) is 11.3 Å². The Balaban J connectivity index is 2.21. The van der Waals surface area contributed by atoms with Gasteiger partial charge in [-0.3, -0.25) is 9.68 Å². The van der Waals surface area contributed by atoms with Gasteiger partial charge in [-0.25, -0.2) is 4.79 Å². The quantitative estimate of drug-likeness (QED) is 0.510. The van der Waals surface area contributed by atoms with Crippen LogP contribution in [-0.4, -0.2) is 17.5 Å². The van der Waals surface area contributed by atoms with Gasteiger partial charge in [-0.15, -0.1) is 0 Å². The van der Waals surface area contributed by atoms with E-state index in [0.717, 1.165) is 0 Å². The largest absolute Gasteiger partial charge is 0.399 e. The molecule has 0 bridgehead atoms. The highest BCUT2D eigenvalue weighted by Crippen LogP contribution is 2.22. The van der Waals surface area contributed by atoms with Crippen LogP contribution in [0.25, 0.3) is 0 Å². The van der Waals surface area contributed by atoms with Gasteiger partial charge in [0.2, 0.25) is 0 Å². The number of rotatable bonds is 4. The summed E-state index contributed by atoms with van der Waals surface area (Å²) >= 11 is 0. The highest BCUT2D eigenvalue weighted by Gasteiger charge is 2.20. The summed E-state index contributed by atoms with van der Waals surface area (Å²) in [6, 6.07) is 13.2. The molecule has 2 rings (SSSR count). The number of hydrogen-bond donors (Lipinski definition) is 2. The number of nitrogens with one attached hydrogen (secondary N) is 1. The molecule has 0 fully saturated rings. The molecule has 0 atom stereocenters. The molecule has 0 unspecified atom stereocenters. The number of nitrogens with two attached hydrogens (primary N) is 1. The Bertz CT molecular complexity index is 736. The molecule has 0 aliphatic heterocycles. The van der Waals surface area contributed by atoms with E-state index in [2.05, 4.69) is 5.32 Å². The maximum atomic E-state index is 12.3. The summed E-state index contributed by atoms with van der Waals surface area (Å²) in [6.45, 7) is 5.25. The van der Waals surface area contributed by atoms with Crippen LogP contribution in [0.2, 0.25) is 0 Å². The van der Waals surface area contributed by atoms with Crippen LogP contribution in [0.15, 0.2) is 48.5 Å². The second kappa shape index (κ2) is 7.14. The van der Waals surface area contributed by atoms with E-state index in [-0.39, 0.29) is 17.2 Å². The molecule has 0 saturated carbocycles. The summed E-state index contributed by atoms with van der Waals surface area (Å²) in [5, 5.41) is 2.67. The van der Waals surface area contributed by atoms with E-state index < -0.39 is 11.6 Å². The number of nitrogen functional groups attached to an aromatic ring is 1. The Hall–Kier alpha value is -2.86. The maximum Gasteiger partial charge on any atom is 0.375 e. The molecule has 0 saturated heterocycles. The number of carbonyl (C=O) groups is 2. The summed E-state index contributed by atoms with van der Waals surface area (Å²) < 4.78 is 0. The Morgan fingerprint density at radius 2 is 1.71 bits per heavy atom. The van der Waals surface area contributed by atoms with Crippen LogP contribution in [0.4, 0.5) is 11.4 Å². The van der Waals surface area contributed by atoms with Gasteiger partial charge in [0.15, 0.2) is 0 Å². The summed E-state index contributed by atoms with van der Waals surface area (Å²) in [4.78, 5) is 34.3. The zero-order chi connectivity index (χ0) is 17.7. The first kappa shape index (κ1) is 17.5. The van der Waals surface area contributed by atoms with Gasteiger partial charge in [0.1, 0.15) is 5.60 Å². The van der Waals surface area contributed by atoms with Crippen LogP contribution in [-0.2, 0) is 9.78 Å². The summed E-state index contributed by atoms with van der Waals surface area (Å²) in [5.74, 6) is -1.07. The monoisotopic (exact) mass is 328 g/mol. The van der Waals surface area contributed by atoms with Gasteiger partial charge in [-0.2, -0.15) is 4.89 Å². The van der Waals surface area contributed by atoms with E-state index in [1.54, 1.807) is 51.1 Å². The molecule has 0 spiro atoms. The third kappa shape index (κ3) is 4.82. The van der Waals surface area contributed by atoms with Crippen molar-refractivity contribution in [2.45, 2.75) is 26.4 Å². The van der Waals surface area contributed by atoms with Crippen molar-refractivity contribution in [1.29, 1.82) is 0 Å². The lowest BCUT2D eigenvalue weighted by molar-refractivity contribution is -0.301. The fourth-order valence-corrected chi connectivity index (χ4v) is 1.84. The lowest BCUT2D eigenvalue weighted by Gasteiger charge is -2.17. The molecular formula is C18H20N2O4. The first-order chi connectivity index (χ1) is 11.3. The summed E-state index contributed by atoms with van der Waals surface area (Å²) in [5.41, 5.74) is 6.39. The highest BCUT2D eigenvalue weighted by molar-refractivity contribution is 6.08. The Labute approximate surface area is 140 Å². The Morgan fingerprint density at radius 1 is 1.04 bits per heavy atom. The molecule has 6 heteroatoms. The SMILES string of the molecule is CC(C)(C)OOC(=O)c1ccc(N)cc1NC(=O)c1ccccc1. The average Bonchev–Trinajstić information content (AvgIpc) is 2.53. The molecule has 24 heavy (non-hydrogen) atoms. The molecule has 1 amide bonds. The minimum Gasteiger partial charge on any atom is -0.399 e. The van der Waals surface area contributed by atoms with Crippen molar-refractivity contribution in [3.8, 4) is 0 Å². The van der Waals surface area contributed by atoms with Crippen molar-refractivity contribution < 1.29 is 19.4 Å². The molecule has 0 radical (unpaired) electrons. The van der Waals surface area contributed by atoms with Crippen LogP contribution in [0.5, 0.6) is 0 Å². The number of hydrogen-bond acceptors (Lipinski definition) is 5. The molecule has 0 aliphatic carbocycles. The van der Waals surface area contributed by atoms with Crippen LogP contribution in [0, 0.1) is 0 Å². The van der Waals surface area contributed by atoms with E-state index in [0.29, 0.717) is 11.3 Å². The van der Waals surface area contributed by atoms with Crippen molar-refractivity contribution in [3.63, 3.8) is 0 Å². The normalized spacial score (nSPS) is 11.0. The van der Waals surface area contributed by atoms with Crippen molar-refractivity contribution >= 4 is 23.3 Å². The number of amides is 1. The van der Waals surface area contributed by atoms with Crippen LogP contribution in [0.3, 0.4) is 0 Å². The number of carbonyl (C=O) groups excluding carboxylic acids is 2. The predicted molar refractivity (Wildman–Crippen MR) is 91.5 cm³/mol. The number of benzene rings is 2. The molecule has 0 heterocycles. The molecular weight excluding hydrogens is 308 g/mol. The first-order valence-corrected chi connectivity index (χ1v) is 7.42. The van der Waals surface area contributed by atoms with Crippen molar-refractivity contribution in [2.24, 2.45) is 0 Å². The zero-order valence-electron chi connectivity index (χ0n) is 13.8. The minimum atomic E-state index is -0.715. The smallest absolute Gasteiger partial charge is 0.375 e. The van der Waals surface area contributed by atoms with Gasteiger partial charge < -0.3 is 11.1 Å². The second-order valence-electron chi connectivity index (χ2n) is 6.19. The van der Waals surface area contributed by atoms with Gasteiger partial charge >= 0.3 is 5.97 Å². The maximum absolute atomic E-state index is 12.3. The average molecular weight is 328 g/mol. The molecule has 126 valence electrons. The van der Waals surface area contributed by atoms with E-state index in [1.807, 2.05) is 6.07 Å². The molecule has 2 aromatic carbocycles. The first-order valence-electron chi connectivity index (χ1n) is 7.42. The third-order valence-electron chi connectivity index (χ3n) is 2.92. The highest BCUT2D eigenvalue weighted by atomic mass is 17.2. The fourth-order valence-electron chi connectivity index (χ4n) is 1.84. The summed E-state index contributed by atoms with van der Waals surface area (Å²) in [7, 11) is 0. The van der Waals surface area contributed by atoms with Crippen molar-refractivity contribution in [1.82, 2.24) is 0 Å². The molecule has 0 aliphatic rings. The van der Waals surface area contributed by atoms with Crippen LogP contribution < -0.4 is 11.1 Å². The third-order valence-corrected chi connectivity index (χ3v) is 2.92. The Morgan fingerprint density at radius 3 is 2.33 bits per heavy atom. The zero-order valence-corrected chi connectivity index (χ0v) is 13.8. The van der Waals surface area contributed by atoms with E-state index >= 15 is 0 Å². The van der Waals surface area contributed by atoms with E-state index in [9.17, 15) is 9.59 Å². The van der Waals surface area contributed by atoms with Gasteiger partial charge in [0.25, 0.3) is 5.91 Å². The van der Waals surface area contributed by atoms with Gasteiger partial charge in [0.05, 0.1) is 11.3 Å². The fraction of sp³-hybridized carbons (Fsp3) is 0.222. The lowest BCUT2D eigenvalue weighted by Crippen LogP contribution is -2.23. The second-order valence-corrected chi connectivity index (χ2v) is 6.19. The lowest BCUT2D eigenvalue weighted by atomic mass is 10.1. The summed E-state index contributed by atoms with van der Waals surface area (Å²) in [6.07, 6.45) is 0. The standard InChI is InChI=1S/C18H20N2O4/c1-18(2,3)24-23-17(22)14-10-9-13(19)11-15(14)20-16(21)12-7-5-4-6-8-12/h4-11H,19H2,1-3H3,(H,20,21). The van der Waals surface area contributed by atoms with Crippen molar-refractivity contribution in [2.75, 3.05) is 11.1 Å². The van der Waals surface area contributed by atoms with E-state index in [4.69, 9.17) is 15.5 Å². The van der Waals surface area contributed by atoms with E-state index in [1.165, 1.54) is 12.1 Å². The topological polar surface area (TPSA) is 90.7 Å². The molecule has 6 nitrogen and oxygen atoms in total. The van der Waals surface area contributed by atoms with Crippen molar-refractivity contribution in [3.05, 3.63) is 59.7 Å². The molecule has 2 aromatic rings. The minimum absolute atomic E-state index is 0.151. The van der Waals surface area contributed by atoms with Gasteiger partial charge in [-0.1, -0.05) is 18.2 Å². The molecule has 3 N–H and O–H groups in total. The predicted octanol–water partition coefficient (Wildman–Crippen LogP) is 3.41.